The minimum Gasteiger partial charge on any atom is -0.374 e. The van der Waals surface area contributed by atoms with Crippen molar-refractivity contribution in [2.24, 2.45) is 0 Å². The molecule has 0 spiro atoms. The summed E-state index contributed by atoms with van der Waals surface area (Å²) in [6.07, 6.45) is 2.33. The van der Waals surface area contributed by atoms with Gasteiger partial charge in [0.15, 0.2) is 0 Å². The van der Waals surface area contributed by atoms with E-state index in [-0.39, 0.29) is 5.60 Å². The summed E-state index contributed by atoms with van der Waals surface area (Å²) in [6, 6.07) is 0. The van der Waals surface area contributed by atoms with Crippen LogP contribution in [0.1, 0.15) is 33.6 Å². The Morgan fingerprint density at radius 2 is 1.83 bits per heavy atom. The fourth-order valence-electron chi connectivity index (χ4n) is 1.18. The Labute approximate surface area is 76.9 Å². The highest BCUT2D eigenvalue weighted by Gasteiger charge is 2.16. The molecule has 12 heavy (non-hydrogen) atoms. The maximum Gasteiger partial charge on any atom is 0.0627 e. The number of nitrogens with zero attached hydrogens (tertiary/aromatic N) is 1. The summed E-state index contributed by atoms with van der Waals surface area (Å²) >= 11 is 0. The number of ether oxygens (including phenoxy) is 1. The number of rotatable bonds is 6. The second kappa shape index (κ2) is 5.55. The Morgan fingerprint density at radius 1 is 1.25 bits per heavy atom. The first kappa shape index (κ1) is 11.9. The lowest BCUT2D eigenvalue weighted by Crippen LogP contribution is -2.28. The second-order valence-corrected chi connectivity index (χ2v) is 4.16. The van der Waals surface area contributed by atoms with Gasteiger partial charge in [-0.1, -0.05) is 13.3 Å². The molecule has 74 valence electrons. The molecule has 0 unspecified atom stereocenters. The van der Waals surface area contributed by atoms with E-state index in [1.165, 1.54) is 6.42 Å². The van der Waals surface area contributed by atoms with E-state index in [4.69, 9.17) is 4.74 Å². The van der Waals surface area contributed by atoms with Crippen LogP contribution in [0.25, 0.3) is 0 Å². The molecule has 0 fully saturated rings. The van der Waals surface area contributed by atoms with Gasteiger partial charge in [-0.3, -0.25) is 0 Å². The van der Waals surface area contributed by atoms with Crippen molar-refractivity contribution in [3.63, 3.8) is 0 Å². The molecule has 0 rings (SSSR count). The van der Waals surface area contributed by atoms with Crippen LogP contribution in [-0.2, 0) is 4.74 Å². The molecule has 0 heterocycles. The predicted octanol–water partition coefficient (Wildman–Crippen LogP) is 2.14. The van der Waals surface area contributed by atoms with Crippen LogP contribution >= 0.6 is 0 Å². The molecule has 0 bridgehead atoms. The topological polar surface area (TPSA) is 12.5 Å². The van der Waals surface area contributed by atoms with Crippen molar-refractivity contribution in [2.75, 3.05) is 27.2 Å². The lowest BCUT2D eigenvalue weighted by atomic mass is 10.0. The van der Waals surface area contributed by atoms with E-state index in [0.717, 1.165) is 19.6 Å². The van der Waals surface area contributed by atoms with Crippen LogP contribution in [0.2, 0.25) is 0 Å². The highest BCUT2D eigenvalue weighted by molar-refractivity contribution is 4.67. The molecule has 0 amide bonds. The van der Waals surface area contributed by atoms with Crippen LogP contribution in [0.4, 0.5) is 0 Å². The van der Waals surface area contributed by atoms with E-state index in [1.54, 1.807) is 0 Å². The van der Waals surface area contributed by atoms with Crippen LogP contribution < -0.4 is 0 Å². The van der Waals surface area contributed by atoms with Crippen molar-refractivity contribution >= 4 is 0 Å². The van der Waals surface area contributed by atoms with Crippen molar-refractivity contribution in [3.8, 4) is 0 Å². The minimum absolute atomic E-state index is 0.0603. The molecule has 0 aromatic rings. The lowest BCUT2D eigenvalue weighted by molar-refractivity contribution is -0.0287. The third-order valence-corrected chi connectivity index (χ3v) is 1.88. The lowest BCUT2D eigenvalue weighted by Gasteiger charge is -2.25. The Balaban J connectivity index is 3.46. The van der Waals surface area contributed by atoms with Crippen molar-refractivity contribution in [1.29, 1.82) is 0 Å². The van der Waals surface area contributed by atoms with E-state index in [2.05, 4.69) is 39.8 Å². The first-order chi connectivity index (χ1) is 5.48. The zero-order valence-electron chi connectivity index (χ0n) is 9.18. The van der Waals surface area contributed by atoms with Crippen molar-refractivity contribution in [2.45, 2.75) is 39.2 Å². The second-order valence-electron chi connectivity index (χ2n) is 4.16. The maximum atomic E-state index is 5.74. The van der Waals surface area contributed by atoms with Crippen LogP contribution in [0.15, 0.2) is 0 Å². The van der Waals surface area contributed by atoms with Gasteiger partial charge in [0, 0.05) is 6.54 Å². The van der Waals surface area contributed by atoms with Crippen molar-refractivity contribution < 1.29 is 4.74 Å². The summed E-state index contributed by atoms with van der Waals surface area (Å²) in [6.45, 7) is 8.35. The zero-order valence-corrected chi connectivity index (χ0v) is 9.18. The molecule has 0 N–H and O–H groups in total. The zero-order chi connectivity index (χ0) is 9.61. The third kappa shape index (κ3) is 6.62. The van der Waals surface area contributed by atoms with E-state index in [9.17, 15) is 0 Å². The Morgan fingerprint density at radius 3 is 2.25 bits per heavy atom. The van der Waals surface area contributed by atoms with Gasteiger partial charge in [0.25, 0.3) is 0 Å². The molecule has 2 nitrogen and oxygen atoms in total. The average molecular weight is 173 g/mol. The van der Waals surface area contributed by atoms with Gasteiger partial charge >= 0.3 is 0 Å². The third-order valence-electron chi connectivity index (χ3n) is 1.88. The fourth-order valence-corrected chi connectivity index (χ4v) is 1.18. The first-order valence-electron chi connectivity index (χ1n) is 4.76. The van der Waals surface area contributed by atoms with Crippen molar-refractivity contribution in [1.82, 2.24) is 4.90 Å². The van der Waals surface area contributed by atoms with Crippen LogP contribution in [-0.4, -0.2) is 37.7 Å². The molecule has 0 aliphatic rings. The SMILES string of the molecule is CCCC(C)(C)OCCN(C)C. The monoisotopic (exact) mass is 173 g/mol. The van der Waals surface area contributed by atoms with Gasteiger partial charge in [-0.15, -0.1) is 0 Å². The summed E-state index contributed by atoms with van der Waals surface area (Å²) in [5, 5.41) is 0. The van der Waals surface area contributed by atoms with Gasteiger partial charge in [-0.2, -0.15) is 0 Å². The Hall–Kier alpha value is -0.0800. The number of hydrogen-bond acceptors (Lipinski definition) is 2. The fraction of sp³-hybridized carbons (Fsp3) is 1.00. The van der Waals surface area contributed by atoms with E-state index in [0.29, 0.717) is 0 Å². The van der Waals surface area contributed by atoms with Gasteiger partial charge < -0.3 is 9.64 Å². The molecule has 0 saturated carbocycles. The van der Waals surface area contributed by atoms with Gasteiger partial charge in [0.2, 0.25) is 0 Å². The highest BCUT2D eigenvalue weighted by Crippen LogP contribution is 2.15. The average Bonchev–Trinajstić information content (AvgIpc) is 1.85. The van der Waals surface area contributed by atoms with Crippen LogP contribution in [0.3, 0.4) is 0 Å². The van der Waals surface area contributed by atoms with E-state index < -0.39 is 0 Å². The standard InChI is InChI=1S/C10H23NO/c1-6-7-10(2,3)12-9-8-11(4)5/h6-9H2,1-5H3. The summed E-state index contributed by atoms with van der Waals surface area (Å²) in [7, 11) is 4.13. The Kier molecular flexibility index (Phi) is 5.51. The predicted molar refractivity (Wildman–Crippen MR) is 53.5 cm³/mol. The highest BCUT2D eigenvalue weighted by atomic mass is 16.5. The normalized spacial score (nSPS) is 12.5. The summed E-state index contributed by atoms with van der Waals surface area (Å²) in [5.74, 6) is 0. The number of hydrogen-bond donors (Lipinski definition) is 0. The molecule has 0 radical (unpaired) electrons. The van der Waals surface area contributed by atoms with E-state index >= 15 is 0 Å². The molecule has 0 aliphatic carbocycles. The van der Waals surface area contributed by atoms with Gasteiger partial charge in [-0.25, -0.2) is 0 Å². The molecular weight excluding hydrogens is 150 g/mol. The summed E-state index contributed by atoms with van der Waals surface area (Å²) in [5.41, 5.74) is 0.0603. The van der Waals surface area contributed by atoms with Gasteiger partial charge in [-0.05, 0) is 34.4 Å². The van der Waals surface area contributed by atoms with Crippen molar-refractivity contribution in [3.05, 3.63) is 0 Å². The largest absolute Gasteiger partial charge is 0.374 e. The summed E-state index contributed by atoms with van der Waals surface area (Å²) in [4.78, 5) is 2.14. The summed E-state index contributed by atoms with van der Waals surface area (Å²) < 4.78 is 5.74. The Bertz CT molecular complexity index is 110. The van der Waals surface area contributed by atoms with E-state index in [1.807, 2.05) is 0 Å². The molecular formula is C10H23NO. The molecule has 0 aliphatic heterocycles. The molecule has 0 saturated heterocycles. The molecule has 0 aromatic carbocycles. The van der Waals surface area contributed by atoms with Gasteiger partial charge in [0.05, 0.1) is 12.2 Å². The molecule has 0 aromatic heterocycles. The smallest absolute Gasteiger partial charge is 0.0627 e. The molecule has 2 heteroatoms. The maximum absolute atomic E-state index is 5.74. The van der Waals surface area contributed by atoms with Crippen LogP contribution in [0.5, 0.6) is 0 Å². The molecule has 0 atom stereocenters. The minimum atomic E-state index is 0.0603. The number of likely N-dealkylation sites (N-methyl/N-ethyl adjacent to an activating group) is 1. The first-order valence-corrected chi connectivity index (χ1v) is 4.76. The van der Waals surface area contributed by atoms with Crippen LogP contribution in [0, 0.1) is 0 Å². The quantitative estimate of drug-likeness (QED) is 0.610. The van der Waals surface area contributed by atoms with Gasteiger partial charge in [0.1, 0.15) is 0 Å².